The van der Waals surface area contributed by atoms with Gasteiger partial charge in [0.1, 0.15) is 5.58 Å². The summed E-state index contributed by atoms with van der Waals surface area (Å²) in [7, 11) is 0. The maximum atomic E-state index is 11.6. The Kier molecular flexibility index (Phi) is 2.82. The van der Waals surface area contributed by atoms with Crippen LogP contribution in [0.5, 0.6) is 0 Å². The third-order valence-corrected chi connectivity index (χ3v) is 2.37. The number of hydrogen-bond acceptors (Lipinski definition) is 4. The van der Waals surface area contributed by atoms with Crippen molar-refractivity contribution in [2.75, 3.05) is 6.61 Å². The standard InChI is InChI=1S/C12H11NO4/c1-7-8-4-2-3-5-9(8)17-11(7)12(15)16-6-10(13)14/h2-5H,6H2,1H3,(H2,13,14). The number of benzene rings is 1. The molecular weight excluding hydrogens is 222 g/mol. The molecule has 1 heterocycles. The van der Waals surface area contributed by atoms with Gasteiger partial charge in [-0.15, -0.1) is 0 Å². The van der Waals surface area contributed by atoms with Crippen LogP contribution in [-0.2, 0) is 9.53 Å². The maximum Gasteiger partial charge on any atom is 0.375 e. The van der Waals surface area contributed by atoms with E-state index in [4.69, 9.17) is 14.9 Å². The smallest absolute Gasteiger partial charge is 0.375 e. The highest BCUT2D eigenvalue weighted by Crippen LogP contribution is 2.25. The molecule has 17 heavy (non-hydrogen) atoms. The Balaban J connectivity index is 2.32. The normalized spacial score (nSPS) is 10.4. The number of fused-ring (bicyclic) bond motifs is 1. The van der Waals surface area contributed by atoms with Crippen LogP contribution in [0.15, 0.2) is 28.7 Å². The zero-order chi connectivity index (χ0) is 12.4. The number of ether oxygens (including phenoxy) is 1. The van der Waals surface area contributed by atoms with Gasteiger partial charge in [-0.2, -0.15) is 0 Å². The number of carbonyl (C=O) groups excluding carboxylic acids is 2. The number of esters is 1. The number of amides is 1. The van der Waals surface area contributed by atoms with E-state index >= 15 is 0 Å². The van der Waals surface area contributed by atoms with E-state index in [1.54, 1.807) is 13.0 Å². The summed E-state index contributed by atoms with van der Waals surface area (Å²) in [5.41, 5.74) is 6.18. The van der Waals surface area contributed by atoms with E-state index in [-0.39, 0.29) is 5.76 Å². The maximum absolute atomic E-state index is 11.6. The molecule has 1 amide bonds. The molecule has 88 valence electrons. The second-order valence-electron chi connectivity index (χ2n) is 3.59. The molecule has 2 aromatic rings. The third kappa shape index (κ3) is 2.13. The number of primary amides is 1. The number of rotatable bonds is 3. The van der Waals surface area contributed by atoms with Gasteiger partial charge in [0.15, 0.2) is 6.61 Å². The van der Waals surface area contributed by atoms with Crippen molar-refractivity contribution in [1.29, 1.82) is 0 Å². The van der Waals surface area contributed by atoms with E-state index in [0.717, 1.165) is 5.39 Å². The van der Waals surface area contributed by atoms with E-state index < -0.39 is 18.5 Å². The minimum atomic E-state index is -0.702. The van der Waals surface area contributed by atoms with Crippen LogP contribution in [0, 0.1) is 6.92 Å². The Labute approximate surface area is 97.1 Å². The Morgan fingerprint density at radius 2 is 2.06 bits per heavy atom. The van der Waals surface area contributed by atoms with Gasteiger partial charge in [0.25, 0.3) is 5.91 Å². The summed E-state index contributed by atoms with van der Waals surface area (Å²) < 4.78 is 10.1. The summed E-state index contributed by atoms with van der Waals surface area (Å²) in [6.45, 7) is 1.31. The first-order chi connectivity index (χ1) is 8.09. The number of hydrogen-bond donors (Lipinski definition) is 1. The van der Waals surface area contributed by atoms with Gasteiger partial charge >= 0.3 is 5.97 Å². The molecule has 0 saturated carbocycles. The molecule has 0 fully saturated rings. The molecule has 0 atom stereocenters. The Morgan fingerprint density at radius 3 is 2.71 bits per heavy atom. The molecule has 0 aliphatic carbocycles. The quantitative estimate of drug-likeness (QED) is 0.812. The summed E-state index contributed by atoms with van der Waals surface area (Å²) in [6.07, 6.45) is 0. The van der Waals surface area contributed by atoms with Gasteiger partial charge in [0, 0.05) is 10.9 Å². The summed E-state index contributed by atoms with van der Waals surface area (Å²) in [5.74, 6) is -1.28. The first-order valence-corrected chi connectivity index (χ1v) is 5.03. The van der Waals surface area contributed by atoms with Crippen LogP contribution in [0.1, 0.15) is 16.1 Å². The molecule has 2 N–H and O–H groups in total. The van der Waals surface area contributed by atoms with Crippen LogP contribution in [0.25, 0.3) is 11.0 Å². The van der Waals surface area contributed by atoms with Crippen molar-refractivity contribution in [1.82, 2.24) is 0 Å². The first-order valence-electron chi connectivity index (χ1n) is 5.03. The lowest BCUT2D eigenvalue weighted by Crippen LogP contribution is -2.20. The molecule has 0 saturated heterocycles. The second kappa shape index (κ2) is 4.29. The van der Waals surface area contributed by atoms with Gasteiger partial charge in [-0.05, 0) is 13.0 Å². The molecule has 0 aliphatic heterocycles. The second-order valence-corrected chi connectivity index (χ2v) is 3.59. The van der Waals surface area contributed by atoms with E-state index in [2.05, 4.69) is 0 Å². The number of para-hydroxylation sites is 1. The van der Waals surface area contributed by atoms with Crippen molar-refractivity contribution in [3.8, 4) is 0 Å². The van der Waals surface area contributed by atoms with Gasteiger partial charge in [-0.1, -0.05) is 18.2 Å². The Bertz CT molecular complexity index is 585. The molecule has 0 aliphatic rings. The third-order valence-electron chi connectivity index (χ3n) is 2.37. The lowest BCUT2D eigenvalue weighted by Gasteiger charge is -1.99. The molecule has 1 aromatic carbocycles. The van der Waals surface area contributed by atoms with Crippen LogP contribution in [0.2, 0.25) is 0 Å². The van der Waals surface area contributed by atoms with Crippen LogP contribution in [0.4, 0.5) is 0 Å². The van der Waals surface area contributed by atoms with Gasteiger partial charge in [-0.25, -0.2) is 4.79 Å². The molecule has 5 nitrogen and oxygen atoms in total. The zero-order valence-electron chi connectivity index (χ0n) is 9.23. The minimum absolute atomic E-state index is 0.104. The minimum Gasteiger partial charge on any atom is -0.450 e. The fourth-order valence-electron chi connectivity index (χ4n) is 1.57. The zero-order valence-corrected chi connectivity index (χ0v) is 9.23. The fourth-order valence-corrected chi connectivity index (χ4v) is 1.57. The summed E-state index contributed by atoms with van der Waals surface area (Å²) >= 11 is 0. The van der Waals surface area contributed by atoms with Crippen LogP contribution < -0.4 is 5.73 Å². The van der Waals surface area contributed by atoms with Crippen molar-refractivity contribution in [2.45, 2.75) is 6.92 Å². The Hall–Kier alpha value is -2.30. The molecule has 5 heteroatoms. The van der Waals surface area contributed by atoms with Crippen molar-refractivity contribution in [3.63, 3.8) is 0 Å². The number of carbonyl (C=O) groups is 2. The van der Waals surface area contributed by atoms with Crippen molar-refractivity contribution in [2.24, 2.45) is 5.73 Å². The predicted molar refractivity (Wildman–Crippen MR) is 60.4 cm³/mol. The summed E-state index contributed by atoms with van der Waals surface area (Å²) in [4.78, 5) is 22.1. The van der Waals surface area contributed by atoms with E-state index in [9.17, 15) is 9.59 Å². The average molecular weight is 233 g/mol. The molecule has 0 unspecified atom stereocenters. The van der Waals surface area contributed by atoms with Gasteiger partial charge in [-0.3, -0.25) is 4.79 Å². The van der Waals surface area contributed by atoms with E-state index in [1.165, 1.54) is 0 Å². The fraction of sp³-hybridized carbons (Fsp3) is 0.167. The topological polar surface area (TPSA) is 82.5 Å². The summed E-state index contributed by atoms with van der Waals surface area (Å²) in [6, 6.07) is 7.26. The molecule has 1 aromatic heterocycles. The van der Waals surface area contributed by atoms with Gasteiger partial charge in [0.05, 0.1) is 0 Å². The first kappa shape index (κ1) is 11.2. The number of furan rings is 1. The van der Waals surface area contributed by atoms with Gasteiger partial charge < -0.3 is 14.9 Å². The van der Waals surface area contributed by atoms with Crippen molar-refractivity contribution >= 4 is 22.8 Å². The number of nitrogens with two attached hydrogens (primary N) is 1. The largest absolute Gasteiger partial charge is 0.450 e. The Morgan fingerprint density at radius 1 is 1.35 bits per heavy atom. The average Bonchev–Trinajstić information content (AvgIpc) is 2.64. The molecule has 0 spiro atoms. The molecular formula is C12H11NO4. The lowest BCUT2D eigenvalue weighted by molar-refractivity contribution is -0.121. The highest BCUT2D eigenvalue weighted by Gasteiger charge is 2.19. The van der Waals surface area contributed by atoms with Crippen LogP contribution in [0.3, 0.4) is 0 Å². The van der Waals surface area contributed by atoms with Crippen LogP contribution in [-0.4, -0.2) is 18.5 Å². The highest BCUT2D eigenvalue weighted by atomic mass is 16.5. The SMILES string of the molecule is Cc1c(C(=O)OCC(N)=O)oc2ccccc12. The van der Waals surface area contributed by atoms with Gasteiger partial charge in [0.2, 0.25) is 5.76 Å². The predicted octanol–water partition coefficient (Wildman–Crippen LogP) is 1.38. The highest BCUT2D eigenvalue weighted by molar-refractivity contribution is 5.96. The lowest BCUT2D eigenvalue weighted by atomic mass is 10.1. The van der Waals surface area contributed by atoms with E-state index in [0.29, 0.717) is 11.1 Å². The van der Waals surface area contributed by atoms with Crippen molar-refractivity contribution < 1.29 is 18.7 Å². The molecule has 0 bridgehead atoms. The van der Waals surface area contributed by atoms with Crippen LogP contribution >= 0.6 is 0 Å². The number of aryl methyl sites for hydroxylation is 1. The van der Waals surface area contributed by atoms with Crippen molar-refractivity contribution in [3.05, 3.63) is 35.6 Å². The van der Waals surface area contributed by atoms with E-state index in [1.807, 2.05) is 18.2 Å². The summed E-state index contributed by atoms with van der Waals surface area (Å²) in [5, 5.41) is 0.846. The monoisotopic (exact) mass is 233 g/mol. The molecule has 0 radical (unpaired) electrons. The molecule has 2 rings (SSSR count).